The summed E-state index contributed by atoms with van der Waals surface area (Å²) in [4.78, 5) is 4.05. The molecule has 0 aliphatic carbocycles. The van der Waals surface area contributed by atoms with E-state index in [0.717, 1.165) is 19.3 Å². The van der Waals surface area contributed by atoms with Gasteiger partial charge in [-0.05, 0) is 48.4 Å². The maximum Gasteiger partial charge on any atom is 0.0402 e. The standard InChI is InChI=1S/C17H20ClN/c1-14(16-10-12-19-13-11-16)17(18)9-5-8-15-6-3-2-4-7-15/h2-4,6-7,10-14,17H,5,8-9H2,1H3. The molecule has 0 saturated carbocycles. The lowest BCUT2D eigenvalue weighted by atomic mass is 9.94. The van der Waals surface area contributed by atoms with Crippen molar-refractivity contribution < 1.29 is 0 Å². The first-order valence-electron chi connectivity index (χ1n) is 6.85. The Hall–Kier alpha value is -1.34. The number of hydrogen-bond acceptors (Lipinski definition) is 1. The predicted molar refractivity (Wildman–Crippen MR) is 81.7 cm³/mol. The summed E-state index contributed by atoms with van der Waals surface area (Å²) >= 11 is 6.51. The minimum atomic E-state index is 0.186. The number of rotatable bonds is 6. The number of benzene rings is 1. The van der Waals surface area contributed by atoms with Crippen LogP contribution in [0.4, 0.5) is 0 Å². The Bertz CT molecular complexity index is 469. The molecule has 1 aromatic carbocycles. The van der Waals surface area contributed by atoms with E-state index in [0.29, 0.717) is 5.92 Å². The molecule has 2 rings (SSSR count). The molecule has 1 heterocycles. The van der Waals surface area contributed by atoms with E-state index in [1.54, 1.807) is 0 Å². The molecule has 0 spiro atoms. The highest BCUT2D eigenvalue weighted by molar-refractivity contribution is 6.21. The molecular formula is C17H20ClN. The number of nitrogens with zero attached hydrogens (tertiary/aromatic N) is 1. The van der Waals surface area contributed by atoms with Crippen molar-refractivity contribution in [3.05, 3.63) is 66.0 Å². The molecule has 0 aliphatic rings. The van der Waals surface area contributed by atoms with Gasteiger partial charge in [-0.2, -0.15) is 0 Å². The van der Waals surface area contributed by atoms with Gasteiger partial charge < -0.3 is 0 Å². The van der Waals surface area contributed by atoms with Gasteiger partial charge in [0.1, 0.15) is 0 Å². The number of hydrogen-bond donors (Lipinski definition) is 0. The third kappa shape index (κ3) is 4.36. The van der Waals surface area contributed by atoms with Crippen molar-refractivity contribution in [1.29, 1.82) is 0 Å². The second kappa shape index (κ2) is 7.30. The zero-order valence-electron chi connectivity index (χ0n) is 11.3. The maximum atomic E-state index is 6.51. The fraction of sp³-hybridized carbons (Fsp3) is 0.353. The summed E-state index contributed by atoms with van der Waals surface area (Å²) in [7, 11) is 0. The average molecular weight is 274 g/mol. The van der Waals surface area contributed by atoms with Crippen molar-refractivity contribution in [2.45, 2.75) is 37.5 Å². The van der Waals surface area contributed by atoms with Crippen LogP contribution >= 0.6 is 11.6 Å². The Morgan fingerprint density at radius 1 is 1.05 bits per heavy atom. The first kappa shape index (κ1) is 14.1. The van der Waals surface area contributed by atoms with Crippen LogP contribution in [0.25, 0.3) is 0 Å². The Morgan fingerprint density at radius 3 is 2.42 bits per heavy atom. The SMILES string of the molecule is CC(c1ccncc1)C(Cl)CCCc1ccccc1. The molecule has 1 aromatic heterocycles. The molecule has 2 heteroatoms. The summed E-state index contributed by atoms with van der Waals surface area (Å²) in [5.74, 6) is 0.375. The summed E-state index contributed by atoms with van der Waals surface area (Å²) in [5.41, 5.74) is 2.66. The van der Waals surface area contributed by atoms with Crippen molar-refractivity contribution in [3.8, 4) is 0 Å². The van der Waals surface area contributed by atoms with Crippen molar-refractivity contribution >= 4 is 11.6 Å². The molecule has 0 N–H and O–H groups in total. The van der Waals surface area contributed by atoms with Gasteiger partial charge in [-0.15, -0.1) is 11.6 Å². The Kier molecular flexibility index (Phi) is 5.41. The van der Waals surface area contributed by atoms with Gasteiger partial charge in [0.15, 0.2) is 0 Å². The van der Waals surface area contributed by atoms with E-state index >= 15 is 0 Å². The largest absolute Gasteiger partial charge is 0.265 e. The molecule has 0 amide bonds. The fourth-order valence-electron chi connectivity index (χ4n) is 2.27. The van der Waals surface area contributed by atoms with Crippen LogP contribution in [-0.2, 0) is 6.42 Å². The van der Waals surface area contributed by atoms with Crippen LogP contribution in [0.3, 0.4) is 0 Å². The third-order valence-electron chi connectivity index (χ3n) is 3.56. The molecule has 1 nitrogen and oxygen atoms in total. The fourth-order valence-corrected chi connectivity index (χ4v) is 2.57. The van der Waals surface area contributed by atoms with Crippen molar-refractivity contribution in [2.24, 2.45) is 0 Å². The van der Waals surface area contributed by atoms with Gasteiger partial charge in [0.2, 0.25) is 0 Å². The number of alkyl halides is 1. The predicted octanol–water partition coefficient (Wildman–Crippen LogP) is 4.82. The highest BCUT2D eigenvalue weighted by atomic mass is 35.5. The quantitative estimate of drug-likeness (QED) is 0.688. The molecule has 19 heavy (non-hydrogen) atoms. The lowest BCUT2D eigenvalue weighted by Crippen LogP contribution is -2.10. The van der Waals surface area contributed by atoms with Gasteiger partial charge in [0.05, 0.1) is 0 Å². The van der Waals surface area contributed by atoms with Crippen molar-refractivity contribution in [1.82, 2.24) is 4.98 Å². The molecule has 0 fully saturated rings. The average Bonchev–Trinajstić information content (AvgIpc) is 2.48. The van der Waals surface area contributed by atoms with E-state index in [2.05, 4.69) is 54.4 Å². The Labute approximate surface area is 120 Å². The molecule has 0 radical (unpaired) electrons. The highest BCUT2D eigenvalue weighted by Crippen LogP contribution is 2.26. The smallest absolute Gasteiger partial charge is 0.0402 e. The Morgan fingerprint density at radius 2 is 1.74 bits per heavy atom. The summed E-state index contributed by atoms with van der Waals surface area (Å²) in [6.45, 7) is 2.19. The van der Waals surface area contributed by atoms with Crippen molar-refractivity contribution in [3.63, 3.8) is 0 Å². The van der Waals surface area contributed by atoms with Crippen LogP contribution in [0.15, 0.2) is 54.9 Å². The lowest BCUT2D eigenvalue weighted by Gasteiger charge is -2.18. The van der Waals surface area contributed by atoms with E-state index in [-0.39, 0.29) is 5.38 Å². The molecule has 2 unspecified atom stereocenters. The van der Waals surface area contributed by atoms with E-state index in [4.69, 9.17) is 11.6 Å². The second-order valence-corrected chi connectivity index (χ2v) is 5.52. The van der Waals surface area contributed by atoms with Gasteiger partial charge in [-0.3, -0.25) is 4.98 Å². The van der Waals surface area contributed by atoms with Gasteiger partial charge in [-0.1, -0.05) is 37.3 Å². The van der Waals surface area contributed by atoms with Crippen LogP contribution in [0.5, 0.6) is 0 Å². The normalized spacial score (nSPS) is 14.0. The minimum Gasteiger partial charge on any atom is -0.265 e. The first-order chi connectivity index (χ1) is 9.27. The second-order valence-electron chi connectivity index (χ2n) is 4.96. The van der Waals surface area contributed by atoms with E-state index < -0.39 is 0 Å². The zero-order valence-corrected chi connectivity index (χ0v) is 12.1. The lowest BCUT2D eigenvalue weighted by molar-refractivity contribution is 0.612. The third-order valence-corrected chi connectivity index (χ3v) is 4.16. The van der Waals surface area contributed by atoms with E-state index in [9.17, 15) is 0 Å². The van der Waals surface area contributed by atoms with Crippen LogP contribution in [0.1, 0.15) is 36.8 Å². The van der Waals surface area contributed by atoms with Crippen molar-refractivity contribution in [2.75, 3.05) is 0 Å². The molecule has 0 saturated heterocycles. The number of pyridine rings is 1. The van der Waals surface area contributed by atoms with Crippen LogP contribution in [-0.4, -0.2) is 10.4 Å². The topological polar surface area (TPSA) is 12.9 Å². The van der Waals surface area contributed by atoms with Crippen LogP contribution in [0, 0.1) is 0 Å². The summed E-state index contributed by atoms with van der Waals surface area (Å²) in [6.07, 6.45) is 6.94. The number of aromatic nitrogens is 1. The first-order valence-corrected chi connectivity index (χ1v) is 7.29. The molecule has 2 aromatic rings. The van der Waals surface area contributed by atoms with Crippen LogP contribution < -0.4 is 0 Å². The molecule has 0 bridgehead atoms. The molecule has 100 valence electrons. The van der Waals surface area contributed by atoms with Gasteiger partial charge in [0, 0.05) is 17.8 Å². The van der Waals surface area contributed by atoms with E-state index in [1.165, 1.54) is 11.1 Å². The highest BCUT2D eigenvalue weighted by Gasteiger charge is 2.15. The summed E-state index contributed by atoms with van der Waals surface area (Å²) in [6, 6.07) is 14.7. The van der Waals surface area contributed by atoms with Gasteiger partial charge >= 0.3 is 0 Å². The maximum absolute atomic E-state index is 6.51. The summed E-state index contributed by atoms with van der Waals surface area (Å²) in [5, 5.41) is 0.186. The molecular weight excluding hydrogens is 254 g/mol. The van der Waals surface area contributed by atoms with Gasteiger partial charge in [0.25, 0.3) is 0 Å². The molecule has 0 aliphatic heterocycles. The number of halogens is 1. The number of aryl methyl sites for hydroxylation is 1. The van der Waals surface area contributed by atoms with Crippen LogP contribution in [0.2, 0.25) is 0 Å². The molecule has 2 atom stereocenters. The minimum absolute atomic E-state index is 0.186. The monoisotopic (exact) mass is 273 g/mol. The summed E-state index contributed by atoms with van der Waals surface area (Å²) < 4.78 is 0. The zero-order chi connectivity index (χ0) is 13.5. The van der Waals surface area contributed by atoms with Gasteiger partial charge in [-0.25, -0.2) is 0 Å². The van der Waals surface area contributed by atoms with E-state index in [1.807, 2.05) is 12.4 Å². The Balaban J connectivity index is 1.80.